The normalized spacial score (nSPS) is 14.0. The van der Waals surface area contributed by atoms with Crippen molar-refractivity contribution in [2.24, 2.45) is 7.05 Å². The van der Waals surface area contributed by atoms with E-state index in [4.69, 9.17) is 14.7 Å². The molecule has 4 heterocycles. The van der Waals surface area contributed by atoms with Crippen molar-refractivity contribution in [2.45, 2.75) is 25.6 Å². The maximum atomic E-state index is 12.5. The molecule has 0 saturated carbocycles. The third kappa shape index (κ3) is 5.36. The van der Waals surface area contributed by atoms with E-state index in [2.05, 4.69) is 64.0 Å². The fraction of sp³-hybridized carbons (Fsp3) is 0.303. The molecule has 0 radical (unpaired) electrons. The number of benzene rings is 2. The van der Waals surface area contributed by atoms with E-state index in [0.29, 0.717) is 34.8 Å². The SMILES string of the molecule is C=CC(=O)Nc1cc(Nc2nc(-c3cn(C)c4ccccc34)c3ccn(CO)c3n2)c(OC)cc1N1CCC(N(C)C)CC1. The van der Waals surface area contributed by atoms with Crippen LogP contribution in [-0.2, 0) is 18.6 Å². The van der Waals surface area contributed by atoms with Crippen molar-refractivity contribution in [3.63, 3.8) is 0 Å². The van der Waals surface area contributed by atoms with Gasteiger partial charge in [0.1, 0.15) is 18.1 Å². The fourth-order valence-electron chi connectivity index (χ4n) is 6.10. The van der Waals surface area contributed by atoms with Gasteiger partial charge in [0.15, 0.2) is 0 Å². The third-order valence-electron chi connectivity index (χ3n) is 8.47. The summed E-state index contributed by atoms with van der Waals surface area (Å²) in [4.78, 5) is 26.8. The van der Waals surface area contributed by atoms with Crippen molar-refractivity contribution in [3.8, 4) is 17.0 Å². The van der Waals surface area contributed by atoms with Crippen LogP contribution in [0.5, 0.6) is 5.75 Å². The second kappa shape index (κ2) is 12.0. The third-order valence-corrected chi connectivity index (χ3v) is 8.47. The maximum absolute atomic E-state index is 12.5. The predicted molar refractivity (Wildman–Crippen MR) is 176 cm³/mol. The topological polar surface area (TPSA) is 113 Å². The molecular weight excluding hydrogens is 556 g/mol. The number of aliphatic hydroxyl groups is 1. The number of carbonyl (C=O) groups is 1. The van der Waals surface area contributed by atoms with Gasteiger partial charge in [0, 0.05) is 66.5 Å². The molecule has 3 N–H and O–H groups in total. The van der Waals surface area contributed by atoms with Crippen LogP contribution < -0.4 is 20.3 Å². The number of aromatic nitrogens is 4. The molecule has 0 bridgehead atoms. The molecule has 1 aliphatic rings. The average molecular weight is 595 g/mol. The number of rotatable bonds is 9. The predicted octanol–water partition coefficient (Wildman–Crippen LogP) is 4.95. The maximum Gasteiger partial charge on any atom is 0.247 e. The van der Waals surface area contributed by atoms with E-state index < -0.39 is 0 Å². The van der Waals surface area contributed by atoms with Gasteiger partial charge in [-0.25, -0.2) is 4.98 Å². The number of anilines is 4. The molecule has 0 spiro atoms. The van der Waals surface area contributed by atoms with Crippen molar-refractivity contribution in [1.82, 2.24) is 24.0 Å². The van der Waals surface area contributed by atoms with Gasteiger partial charge in [0.05, 0.1) is 29.9 Å². The molecule has 44 heavy (non-hydrogen) atoms. The summed E-state index contributed by atoms with van der Waals surface area (Å²) in [5.41, 5.74) is 5.46. The number of nitrogens with one attached hydrogen (secondary N) is 2. The van der Waals surface area contributed by atoms with E-state index in [-0.39, 0.29) is 12.6 Å². The quantitative estimate of drug-likeness (QED) is 0.206. The number of ether oxygens (including phenoxy) is 1. The Labute approximate surface area is 256 Å². The zero-order chi connectivity index (χ0) is 31.0. The Balaban J connectivity index is 1.44. The summed E-state index contributed by atoms with van der Waals surface area (Å²) in [6.07, 6.45) is 7.15. The van der Waals surface area contributed by atoms with Crippen LogP contribution in [0.4, 0.5) is 23.0 Å². The average Bonchev–Trinajstić information content (AvgIpc) is 3.61. The Kier molecular flexibility index (Phi) is 7.98. The Morgan fingerprint density at radius 1 is 1.14 bits per heavy atom. The minimum atomic E-state index is -0.303. The largest absolute Gasteiger partial charge is 0.494 e. The zero-order valence-corrected chi connectivity index (χ0v) is 25.5. The fourth-order valence-corrected chi connectivity index (χ4v) is 6.10. The second-order valence-corrected chi connectivity index (χ2v) is 11.3. The van der Waals surface area contributed by atoms with Gasteiger partial charge in [0.25, 0.3) is 0 Å². The van der Waals surface area contributed by atoms with Gasteiger partial charge in [-0.05, 0) is 51.2 Å². The Hall–Kier alpha value is -4.87. The molecule has 5 aromatic rings. The van der Waals surface area contributed by atoms with Gasteiger partial charge in [-0.2, -0.15) is 4.98 Å². The van der Waals surface area contributed by atoms with Gasteiger partial charge < -0.3 is 39.4 Å². The lowest BCUT2D eigenvalue weighted by Gasteiger charge is -2.37. The number of aliphatic hydroxyl groups excluding tert-OH is 1. The molecule has 0 unspecified atom stereocenters. The minimum absolute atomic E-state index is 0.227. The molecule has 3 aromatic heterocycles. The number of aryl methyl sites for hydroxylation is 1. The highest BCUT2D eigenvalue weighted by molar-refractivity contribution is 6.04. The smallest absolute Gasteiger partial charge is 0.247 e. The first-order chi connectivity index (χ1) is 21.3. The summed E-state index contributed by atoms with van der Waals surface area (Å²) in [6, 6.07) is 14.4. The number of para-hydroxylation sites is 1. The van der Waals surface area contributed by atoms with E-state index >= 15 is 0 Å². The van der Waals surface area contributed by atoms with Crippen molar-refractivity contribution >= 4 is 50.9 Å². The first-order valence-electron chi connectivity index (χ1n) is 14.7. The van der Waals surface area contributed by atoms with Crippen molar-refractivity contribution < 1.29 is 14.6 Å². The highest BCUT2D eigenvalue weighted by Crippen LogP contribution is 2.40. The molecule has 6 rings (SSSR count). The lowest BCUT2D eigenvalue weighted by atomic mass is 10.0. The molecule has 0 aliphatic carbocycles. The van der Waals surface area contributed by atoms with Gasteiger partial charge in [0.2, 0.25) is 11.9 Å². The first-order valence-corrected chi connectivity index (χ1v) is 14.7. The van der Waals surface area contributed by atoms with Crippen LogP contribution in [0.25, 0.3) is 33.2 Å². The minimum Gasteiger partial charge on any atom is -0.494 e. The van der Waals surface area contributed by atoms with Gasteiger partial charge >= 0.3 is 0 Å². The number of methoxy groups -OCH3 is 1. The lowest BCUT2D eigenvalue weighted by Crippen LogP contribution is -2.42. The standard InChI is InChI=1S/C33H38N8O3/c1-6-30(43)34-25-17-26(29(44-5)18-28(25)40-14-11-21(12-15-40)38(2)3)35-33-36-31(23-13-16-41(20-42)32(23)37-33)24-19-39(4)27-10-8-7-9-22(24)27/h6-10,13,16-19,21,42H,1,11-12,14-15,20H2,2-5H3,(H,34,43)(H,35,36,37). The van der Waals surface area contributed by atoms with Gasteiger partial charge in [-0.3, -0.25) is 4.79 Å². The Morgan fingerprint density at radius 3 is 2.61 bits per heavy atom. The number of fused-ring (bicyclic) bond motifs is 2. The van der Waals surface area contributed by atoms with Crippen LogP contribution in [0.15, 0.2) is 67.5 Å². The van der Waals surface area contributed by atoms with E-state index in [0.717, 1.165) is 59.2 Å². The summed E-state index contributed by atoms with van der Waals surface area (Å²) in [7, 11) is 7.86. The summed E-state index contributed by atoms with van der Waals surface area (Å²) in [6.45, 7) is 5.11. The van der Waals surface area contributed by atoms with Crippen LogP contribution in [0.1, 0.15) is 12.8 Å². The molecule has 11 heteroatoms. The molecule has 228 valence electrons. The molecule has 1 saturated heterocycles. The van der Waals surface area contributed by atoms with Crippen LogP contribution in [-0.4, -0.2) is 75.4 Å². The zero-order valence-electron chi connectivity index (χ0n) is 25.5. The highest BCUT2D eigenvalue weighted by Gasteiger charge is 2.25. The van der Waals surface area contributed by atoms with Crippen LogP contribution in [0, 0.1) is 0 Å². The molecule has 11 nitrogen and oxygen atoms in total. The molecule has 1 amide bonds. The summed E-state index contributed by atoms with van der Waals surface area (Å²) < 4.78 is 9.60. The highest BCUT2D eigenvalue weighted by atomic mass is 16.5. The van der Waals surface area contributed by atoms with E-state index in [9.17, 15) is 9.90 Å². The number of nitrogens with zero attached hydrogens (tertiary/aromatic N) is 6. The van der Waals surface area contributed by atoms with E-state index in [1.807, 2.05) is 37.4 Å². The lowest BCUT2D eigenvalue weighted by molar-refractivity contribution is -0.111. The van der Waals surface area contributed by atoms with Crippen molar-refractivity contribution in [3.05, 3.63) is 67.5 Å². The number of carbonyl (C=O) groups excluding carboxylic acids is 1. The molecule has 2 aromatic carbocycles. The van der Waals surface area contributed by atoms with Crippen LogP contribution in [0.3, 0.4) is 0 Å². The Morgan fingerprint density at radius 2 is 1.91 bits per heavy atom. The molecule has 1 aliphatic heterocycles. The van der Waals surface area contributed by atoms with Gasteiger partial charge in [-0.1, -0.05) is 24.8 Å². The number of amides is 1. The summed E-state index contributed by atoms with van der Waals surface area (Å²) in [5, 5.41) is 18.3. The van der Waals surface area contributed by atoms with Crippen LogP contribution in [0.2, 0.25) is 0 Å². The van der Waals surface area contributed by atoms with Crippen molar-refractivity contribution in [1.29, 1.82) is 0 Å². The first kappa shape index (κ1) is 29.2. The van der Waals surface area contributed by atoms with E-state index in [1.165, 1.54) is 6.08 Å². The number of hydrogen-bond acceptors (Lipinski definition) is 8. The second-order valence-electron chi connectivity index (χ2n) is 11.3. The van der Waals surface area contributed by atoms with Crippen molar-refractivity contribution in [2.75, 3.05) is 49.8 Å². The van der Waals surface area contributed by atoms with Gasteiger partial charge in [-0.15, -0.1) is 0 Å². The number of piperidine rings is 1. The Bertz CT molecular complexity index is 1850. The number of hydrogen-bond donors (Lipinski definition) is 3. The molecule has 1 fully saturated rings. The summed E-state index contributed by atoms with van der Waals surface area (Å²) in [5.74, 6) is 0.606. The van der Waals surface area contributed by atoms with E-state index in [1.54, 1.807) is 17.9 Å². The summed E-state index contributed by atoms with van der Waals surface area (Å²) >= 11 is 0. The molecular formula is C33H38N8O3. The molecule has 0 atom stereocenters. The van der Waals surface area contributed by atoms with Crippen LogP contribution >= 0.6 is 0 Å². The monoisotopic (exact) mass is 594 g/mol.